The highest BCUT2D eigenvalue weighted by molar-refractivity contribution is 6.37. The van der Waals surface area contributed by atoms with Gasteiger partial charge in [-0.05, 0) is 25.3 Å². The van der Waals surface area contributed by atoms with E-state index in [1.165, 1.54) is 0 Å². The summed E-state index contributed by atoms with van der Waals surface area (Å²) in [7, 11) is 0. The molecule has 0 saturated carbocycles. The summed E-state index contributed by atoms with van der Waals surface area (Å²) < 4.78 is 5.48. The van der Waals surface area contributed by atoms with Gasteiger partial charge in [0, 0.05) is 12.5 Å². The third kappa shape index (κ3) is 3.20. The van der Waals surface area contributed by atoms with Crippen LogP contribution in [0.15, 0.2) is 24.3 Å². The Labute approximate surface area is 134 Å². The van der Waals surface area contributed by atoms with Crippen molar-refractivity contribution in [3.8, 4) is 11.1 Å². The second-order valence-corrected chi connectivity index (χ2v) is 6.04. The molecule has 2 heterocycles. The van der Waals surface area contributed by atoms with Crippen molar-refractivity contribution in [1.29, 1.82) is 0 Å². The summed E-state index contributed by atoms with van der Waals surface area (Å²) in [5.41, 5.74) is 2.78. The second kappa shape index (κ2) is 6.30. The van der Waals surface area contributed by atoms with Crippen LogP contribution in [-0.2, 0) is 4.74 Å². The summed E-state index contributed by atoms with van der Waals surface area (Å²) in [6, 6.07) is 7.99. The van der Waals surface area contributed by atoms with Crippen molar-refractivity contribution >= 4 is 23.2 Å². The van der Waals surface area contributed by atoms with Crippen molar-refractivity contribution in [2.75, 3.05) is 13.2 Å². The lowest BCUT2D eigenvalue weighted by Crippen LogP contribution is -2.18. The molecule has 1 atom stereocenters. The molecule has 5 heteroatoms. The van der Waals surface area contributed by atoms with Gasteiger partial charge in [-0.2, -0.15) is 0 Å². The first-order valence-electron chi connectivity index (χ1n) is 7.03. The van der Waals surface area contributed by atoms with Gasteiger partial charge in [0.15, 0.2) is 0 Å². The van der Waals surface area contributed by atoms with Gasteiger partial charge in [0.1, 0.15) is 16.1 Å². The minimum atomic E-state index is 0.181. The number of halogens is 2. The highest BCUT2D eigenvalue weighted by atomic mass is 35.5. The molecule has 1 aromatic carbocycles. The maximum atomic E-state index is 6.36. The Hall–Kier alpha value is -1.16. The number of benzene rings is 1. The molecule has 0 amide bonds. The van der Waals surface area contributed by atoms with Gasteiger partial charge >= 0.3 is 0 Å². The van der Waals surface area contributed by atoms with Crippen LogP contribution in [0, 0.1) is 6.92 Å². The fourth-order valence-corrected chi connectivity index (χ4v) is 3.21. The molecule has 0 bridgehead atoms. The van der Waals surface area contributed by atoms with E-state index in [4.69, 9.17) is 27.9 Å². The van der Waals surface area contributed by atoms with Crippen molar-refractivity contribution < 1.29 is 4.74 Å². The van der Waals surface area contributed by atoms with Gasteiger partial charge in [-0.25, -0.2) is 9.97 Å². The summed E-state index contributed by atoms with van der Waals surface area (Å²) in [6.07, 6.45) is 2.03. The lowest BCUT2D eigenvalue weighted by Gasteiger charge is -2.21. The average Bonchev–Trinajstić information content (AvgIpc) is 2.47. The Kier molecular flexibility index (Phi) is 4.43. The van der Waals surface area contributed by atoms with E-state index < -0.39 is 0 Å². The third-order valence-electron chi connectivity index (χ3n) is 3.67. The number of hydrogen-bond acceptors (Lipinski definition) is 3. The van der Waals surface area contributed by atoms with E-state index in [0.717, 1.165) is 30.6 Å². The molecular formula is C16H16Cl2N2O. The maximum absolute atomic E-state index is 6.36. The van der Waals surface area contributed by atoms with E-state index in [0.29, 0.717) is 28.3 Å². The molecule has 0 N–H and O–H groups in total. The van der Waals surface area contributed by atoms with Gasteiger partial charge in [-0.3, -0.25) is 0 Å². The Morgan fingerprint density at radius 2 is 1.95 bits per heavy atom. The Morgan fingerprint density at radius 3 is 2.57 bits per heavy atom. The molecule has 1 fully saturated rings. The normalized spacial score (nSPS) is 18.7. The Balaban J connectivity index is 2.00. The van der Waals surface area contributed by atoms with Gasteiger partial charge < -0.3 is 4.74 Å². The monoisotopic (exact) mass is 322 g/mol. The quantitative estimate of drug-likeness (QED) is 0.755. The average molecular weight is 323 g/mol. The zero-order valence-electron chi connectivity index (χ0n) is 11.8. The lowest BCUT2D eigenvalue weighted by molar-refractivity contribution is 0.0780. The minimum absolute atomic E-state index is 0.181. The minimum Gasteiger partial charge on any atom is -0.381 e. The second-order valence-electron chi connectivity index (χ2n) is 5.32. The van der Waals surface area contributed by atoms with Crippen molar-refractivity contribution in [2.45, 2.75) is 25.7 Å². The van der Waals surface area contributed by atoms with E-state index >= 15 is 0 Å². The standard InChI is InChI=1S/C16H16Cl2N2O/c1-10-4-2-5-11(8-10)13-14(17)19-16(20-15(13)18)12-6-3-7-21-9-12/h2,4-5,8,12H,3,6-7,9H2,1H3. The first-order chi connectivity index (χ1) is 10.1. The van der Waals surface area contributed by atoms with E-state index in [1.807, 2.05) is 31.2 Å². The van der Waals surface area contributed by atoms with Crippen molar-refractivity contribution in [1.82, 2.24) is 9.97 Å². The number of aromatic nitrogens is 2. The predicted octanol–water partition coefficient (Wildman–Crippen LogP) is 4.65. The molecule has 1 unspecified atom stereocenters. The molecule has 0 radical (unpaired) electrons. The number of ether oxygens (including phenoxy) is 1. The zero-order chi connectivity index (χ0) is 14.8. The molecule has 1 aliphatic heterocycles. The largest absolute Gasteiger partial charge is 0.381 e. The smallest absolute Gasteiger partial charge is 0.142 e. The molecular weight excluding hydrogens is 307 g/mol. The topological polar surface area (TPSA) is 35.0 Å². The molecule has 1 aromatic heterocycles. The summed E-state index contributed by atoms with van der Waals surface area (Å²) >= 11 is 12.7. The fraction of sp³-hybridized carbons (Fsp3) is 0.375. The van der Waals surface area contributed by atoms with Gasteiger partial charge in [-0.15, -0.1) is 0 Å². The number of rotatable bonds is 2. The molecule has 0 spiro atoms. The van der Waals surface area contributed by atoms with Crippen LogP contribution in [0.2, 0.25) is 10.3 Å². The van der Waals surface area contributed by atoms with Crippen LogP contribution >= 0.6 is 23.2 Å². The molecule has 0 aliphatic carbocycles. The summed E-state index contributed by atoms with van der Waals surface area (Å²) in [5.74, 6) is 0.862. The van der Waals surface area contributed by atoms with Crippen molar-refractivity contribution in [3.05, 3.63) is 46.0 Å². The van der Waals surface area contributed by atoms with E-state index in [2.05, 4.69) is 9.97 Å². The molecule has 3 rings (SSSR count). The summed E-state index contributed by atoms with van der Waals surface area (Å²) in [6.45, 7) is 3.47. The zero-order valence-corrected chi connectivity index (χ0v) is 13.3. The van der Waals surface area contributed by atoms with Crippen LogP contribution < -0.4 is 0 Å². The van der Waals surface area contributed by atoms with Gasteiger partial charge in [0.2, 0.25) is 0 Å². The SMILES string of the molecule is Cc1cccc(-c2c(Cl)nc(C3CCCOC3)nc2Cl)c1. The first kappa shape index (κ1) is 14.8. The Bertz CT molecular complexity index is 631. The molecule has 21 heavy (non-hydrogen) atoms. The lowest BCUT2D eigenvalue weighted by atomic mass is 10.0. The number of hydrogen-bond donors (Lipinski definition) is 0. The van der Waals surface area contributed by atoms with E-state index in [1.54, 1.807) is 0 Å². The summed E-state index contributed by atoms with van der Waals surface area (Å²) in [5, 5.41) is 0.808. The molecule has 1 saturated heterocycles. The molecule has 2 aromatic rings. The van der Waals surface area contributed by atoms with Crippen LogP contribution in [0.25, 0.3) is 11.1 Å². The number of nitrogens with zero attached hydrogens (tertiary/aromatic N) is 2. The van der Waals surface area contributed by atoms with Gasteiger partial charge in [-0.1, -0.05) is 53.0 Å². The Morgan fingerprint density at radius 1 is 1.19 bits per heavy atom. The molecule has 3 nitrogen and oxygen atoms in total. The van der Waals surface area contributed by atoms with Gasteiger partial charge in [0.05, 0.1) is 12.2 Å². The highest BCUT2D eigenvalue weighted by Gasteiger charge is 2.22. The van der Waals surface area contributed by atoms with Gasteiger partial charge in [0.25, 0.3) is 0 Å². The highest BCUT2D eigenvalue weighted by Crippen LogP contribution is 2.35. The first-order valence-corrected chi connectivity index (χ1v) is 7.78. The third-order valence-corrected chi connectivity index (χ3v) is 4.22. The summed E-state index contributed by atoms with van der Waals surface area (Å²) in [4.78, 5) is 8.91. The van der Waals surface area contributed by atoms with Crippen molar-refractivity contribution in [3.63, 3.8) is 0 Å². The van der Waals surface area contributed by atoms with Crippen LogP contribution in [-0.4, -0.2) is 23.2 Å². The molecule has 110 valence electrons. The van der Waals surface area contributed by atoms with E-state index in [-0.39, 0.29) is 5.92 Å². The molecule has 1 aliphatic rings. The van der Waals surface area contributed by atoms with Crippen molar-refractivity contribution in [2.24, 2.45) is 0 Å². The van der Waals surface area contributed by atoms with Crippen LogP contribution in [0.3, 0.4) is 0 Å². The predicted molar refractivity (Wildman–Crippen MR) is 85.0 cm³/mol. The number of aryl methyl sites for hydroxylation is 1. The fourth-order valence-electron chi connectivity index (χ4n) is 2.59. The van der Waals surface area contributed by atoms with Crippen LogP contribution in [0.4, 0.5) is 0 Å². The maximum Gasteiger partial charge on any atom is 0.142 e. The van der Waals surface area contributed by atoms with E-state index in [9.17, 15) is 0 Å². The van der Waals surface area contributed by atoms with Crippen LogP contribution in [0.5, 0.6) is 0 Å². The van der Waals surface area contributed by atoms with Crippen LogP contribution in [0.1, 0.15) is 30.1 Å².